The van der Waals surface area contributed by atoms with Gasteiger partial charge in [0.15, 0.2) is 0 Å². The normalized spacial score (nSPS) is 10.6. The van der Waals surface area contributed by atoms with Crippen molar-refractivity contribution in [3.05, 3.63) is 75.7 Å². The zero-order chi connectivity index (χ0) is 14.8. The highest BCUT2D eigenvalue weighted by molar-refractivity contribution is 9.10. The van der Waals surface area contributed by atoms with Crippen molar-refractivity contribution in [2.75, 3.05) is 5.32 Å². The second kappa shape index (κ2) is 5.88. The molecule has 0 saturated heterocycles. The number of benzene rings is 3. The fourth-order valence-electron chi connectivity index (χ4n) is 2.16. The van der Waals surface area contributed by atoms with Gasteiger partial charge in [-0.3, -0.25) is 4.79 Å². The number of nitrogens with one attached hydrogen (secondary N) is 1. The molecule has 0 aliphatic carbocycles. The molecule has 2 nitrogen and oxygen atoms in total. The Hall–Kier alpha value is -1.84. The average molecular weight is 361 g/mol. The van der Waals surface area contributed by atoms with Gasteiger partial charge in [0.1, 0.15) is 0 Å². The molecular weight excluding hydrogens is 350 g/mol. The molecule has 0 unspecified atom stereocenters. The second-order valence-electron chi connectivity index (χ2n) is 4.59. The van der Waals surface area contributed by atoms with Crippen molar-refractivity contribution in [3.63, 3.8) is 0 Å². The van der Waals surface area contributed by atoms with E-state index in [1.54, 1.807) is 12.1 Å². The fraction of sp³-hybridized carbons (Fsp3) is 0. The summed E-state index contributed by atoms with van der Waals surface area (Å²) >= 11 is 9.83. The van der Waals surface area contributed by atoms with Crippen LogP contribution in [-0.4, -0.2) is 5.91 Å². The lowest BCUT2D eigenvalue weighted by atomic mass is 10.1. The van der Waals surface area contributed by atoms with E-state index < -0.39 is 0 Å². The predicted octanol–water partition coefficient (Wildman–Crippen LogP) is 5.51. The number of halogens is 2. The first-order valence-corrected chi connectivity index (χ1v) is 7.57. The number of fused-ring (bicyclic) bond motifs is 1. The Balaban J connectivity index is 2.03. The molecule has 0 fully saturated rings. The summed E-state index contributed by atoms with van der Waals surface area (Å²) in [7, 11) is 0. The minimum Gasteiger partial charge on any atom is -0.320 e. The predicted molar refractivity (Wildman–Crippen MR) is 91.1 cm³/mol. The molecule has 104 valence electrons. The molecule has 0 bridgehead atoms. The molecule has 21 heavy (non-hydrogen) atoms. The molecule has 4 heteroatoms. The van der Waals surface area contributed by atoms with Crippen LogP contribution in [0.25, 0.3) is 10.8 Å². The number of rotatable bonds is 2. The lowest BCUT2D eigenvalue weighted by Gasteiger charge is -2.12. The molecule has 0 heterocycles. The lowest BCUT2D eigenvalue weighted by molar-refractivity contribution is 0.102. The standard InChI is InChI=1S/C17H11BrClNO/c18-15-13-9-5-4-8-12(13)10-14(19)16(15)20-17(21)11-6-2-1-3-7-11/h1-10H,(H,20,21). The van der Waals surface area contributed by atoms with Gasteiger partial charge < -0.3 is 5.32 Å². The van der Waals surface area contributed by atoms with Gasteiger partial charge in [0, 0.05) is 5.56 Å². The Morgan fingerprint density at radius 3 is 2.43 bits per heavy atom. The maximum absolute atomic E-state index is 12.3. The van der Waals surface area contributed by atoms with E-state index in [0.717, 1.165) is 15.2 Å². The minimum absolute atomic E-state index is 0.187. The van der Waals surface area contributed by atoms with Crippen LogP contribution in [0.3, 0.4) is 0 Å². The van der Waals surface area contributed by atoms with Crippen LogP contribution >= 0.6 is 27.5 Å². The smallest absolute Gasteiger partial charge is 0.255 e. The number of hydrogen-bond donors (Lipinski definition) is 1. The van der Waals surface area contributed by atoms with Crippen LogP contribution in [-0.2, 0) is 0 Å². The van der Waals surface area contributed by atoms with Crippen LogP contribution in [0.1, 0.15) is 10.4 Å². The highest BCUT2D eigenvalue weighted by Crippen LogP contribution is 2.37. The van der Waals surface area contributed by atoms with Crippen molar-refractivity contribution in [2.24, 2.45) is 0 Å². The highest BCUT2D eigenvalue weighted by atomic mass is 79.9. The molecule has 0 spiro atoms. The number of anilines is 1. The van der Waals surface area contributed by atoms with Gasteiger partial charge in [-0.05, 0) is 44.9 Å². The third kappa shape index (κ3) is 2.80. The van der Waals surface area contributed by atoms with E-state index in [2.05, 4.69) is 21.2 Å². The van der Waals surface area contributed by atoms with Gasteiger partial charge in [0.2, 0.25) is 0 Å². The third-order valence-corrected chi connectivity index (χ3v) is 4.33. The molecule has 3 aromatic rings. The Morgan fingerprint density at radius 1 is 1.00 bits per heavy atom. The average Bonchev–Trinajstić information content (AvgIpc) is 2.52. The second-order valence-corrected chi connectivity index (χ2v) is 5.79. The quantitative estimate of drug-likeness (QED) is 0.641. The summed E-state index contributed by atoms with van der Waals surface area (Å²) in [6.45, 7) is 0. The Kier molecular flexibility index (Phi) is 3.95. The molecule has 0 aromatic heterocycles. The summed E-state index contributed by atoms with van der Waals surface area (Å²) in [5.74, 6) is -0.187. The van der Waals surface area contributed by atoms with Crippen molar-refractivity contribution in [1.82, 2.24) is 0 Å². The third-order valence-electron chi connectivity index (χ3n) is 3.21. The molecule has 1 amide bonds. The number of amides is 1. The molecule has 0 aliphatic heterocycles. The van der Waals surface area contributed by atoms with Crippen molar-refractivity contribution < 1.29 is 4.79 Å². The summed E-state index contributed by atoms with van der Waals surface area (Å²) in [4.78, 5) is 12.3. The van der Waals surface area contributed by atoms with E-state index in [1.165, 1.54) is 0 Å². The Bertz CT molecular complexity index is 818. The SMILES string of the molecule is O=C(Nc1c(Cl)cc2ccccc2c1Br)c1ccccc1. The summed E-state index contributed by atoms with van der Waals surface area (Å²) in [5, 5.41) is 5.40. The monoisotopic (exact) mass is 359 g/mol. The van der Waals surface area contributed by atoms with E-state index in [1.807, 2.05) is 48.5 Å². The lowest BCUT2D eigenvalue weighted by Crippen LogP contribution is -2.12. The van der Waals surface area contributed by atoms with E-state index in [-0.39, 0.29) is 5.91 Å². The van der Waals surface area contributed by atoms with Crippen molar-refractivity contribution in [2.45, 2.75) is 0 Å². The molecule has 0 radical (unpaired) electrons. The number of hydrogen-bond acceptors (Lipinski definition) is 1. The maximum atomic E-state index is 12.3. The number of carbonyl (C=O) groups excluding carboxylic acids is 1. The van der Waals surface area contributed by atoms with Gasteiger partial charge >= 0.3 is 0 Å². The Morgan fingerprint density at radius 2 is 1.67 bits per heavy atom. The zero-order valence-electron chi connectivity index (χ0n) is 10.9. The van der Waals surface area contributed by atoms with Gasteiger partial charge in [0.25, 0.3) is 5.91 Å². The summed E-state index contributed by atoms with van der Waals surface area (Å²) in [5.41, 5.74) is 1.18. The summed E-state index contributed by atoms with van der Waals surface area (Å²) in [6, 6.07) is 18.8. The van der Waals surface area contributed by atoms with E-state index in [4.69, 9.17) is 11.6 Å². The molecule has 3 aromatic carbocycles. The molecule has 1 N–H and O–H groups in total. The fourth-order valence-corrected chi connectivity index (χ4v) is 3.21. The highest BCUT2D eigenvalue weighted by Gasteiger charge is 2.13. The summed E-state index contributed by atoms with van der Waals surface area (Å²) in [6.07, 6.45) is 0. The molecule has 0 saturated carbocycles. The first-order valence-electron chi connectivity index (χ1n) is 6.40. The first-order chi connectivity index (χ1) is 10.2. The van der Waals surface area contributed by atoms with Crippen molar-refractivity contribution in [3.8, 4) is 0 Å². The van der Waals surface area contributed by atoms with Crippen molar-refractivity contribution in [1.29, 1.82) is 0 Å². The molecular formula is C17H11BrClNO. The van der Waals surface area contributed by atoms with Gasteiger partial charge in [0.05, 0.1) is 15.2 Å². The maximum Gasteiger partial charge on any atom is 0.255 e. The van der Waals surface area contributed by atoms with Gasteiger partial charge in [-0.25, -0.2) is 0 Å². The zero-order valence-corrected chi connectivity index (χ0v) is 13.3. The molecule has 0 aliphatic rings. The van der Waals surface area contributed by atoms with Gasteiger partial charge in [-0.2, -0.15) is 0 Å². The van der Waals surface area contributed by atoms with Crippen LogP contribution in [0.5, 0.6) is 0 Å². The van der Waals surface area contributed by atoms with E-state index >= 15 is 0 Å². The van der Waals surface area contributed by atoms with Crippen molar-refractivity contribution >= 4 is 49.9 Å². The van der Waals surface area contributed by atoms with Crippen LogP contribution in [0.2, 0.25) is 5.02 Å². The van der Waals surface area contributed by atoms with Crippen LogP contribution in [0.15, 0.2) is 65.1 Å². The van der Waals surface area contributed by atoms with Gasteiger partial charge in [-0.15, -0.1) is 0 Å². The van der Waals surface area contributed by atoms with E-state index in [0.29, 0.717) is 16.3 Å². The van der Waals surface area contributed by atoms with Crippen LogP contribution in [0.4, 0.5) is 5.69 Å². The largest absolute Gasteiger partial charge is 0.320 e. The molecule has 0 atom stereocenters. The minimum atomic E-state index is -0.187. The van der Waals surface area contributed by atoms with Gasteiger partial charge in [-0.1, -0.05) is 54.1 Å². The first kappa shape index (κ1) is 14.1. The van der Waals surface area contributed by atoms with Crippen LogP contribution in [0, 0.1) is 0 Å². The summed E-state index contributed by atoms with van der Waals surface area (Å²) < 4.78 is 0.787. The molecule has 3 rings (SSSR count). The number of carbonyl (C=O) groups is 1. The Labute approximate surface area is 135 Å². The topological polar surface area (TPSA) is 29.1 Å². The van der Waals surface area contributed by atoms with Crippen LogP contribution < -0.4 is 5.32 Å². The van der Waals surface area contributed by atoms with E-state index in [9.17, 15) is 4.79 Å².